The fourth-order valence-corrected chi connectivity index (χ4v) is 3.36. The molecule has 0 unspecified atom stereocenters. The first-order valence-electron chi connectivity index (χ1n) is 7.50. The van der Waals surface area contributed by atoms with Crippen LogP contribution in [0, 0.1) is 0 Å². The van der Waals surface area contributed by atoms with Crippen LogP contribution in [0.4, 0.5) is 0 Å². The monoisotopic (exact) mass is 378 g/mol. The van der Waals surface area contributed by atoms with Crippen LogP contribution in [0.15, 0.2) is 47.6 Å². The summed E-state index contributed by atoms with van der Waals surface area (Å²) in [5, 5.41) is 13.8. The molecule has 3 aromatic rings. The second-order valence-corrected chi connectivity index (χ2v) is 7.41. The van der Waals surface area contributed by atoms with Crippen LogP contribution in [0.25, 0.3) is 5.69 Å². The third-order valence-corrected chi connectivity index (χ3v) is 5.33. The lowest BCUT2D eigenvalue weighted by molar-refractivity contribution is 0.754. The minimum absolute atomic E-state index is 0.497. The molecule has 0 aliphatic carbocycles. The van der Waals surface area contributed by atoms with Gasteiger partial charge in [0.25, 0.3) is 0 Å². The van der Waals surface area contributed by atoms with Gasteiger partial charge in [-0.05, 0) is 51.7 Å². The van der Waals surface area contributed by atoms with Gasteiger partial charge in [0.2, 0.25) is 5.16 Å². The summed E-state index contributed by atoms with van der Waals surface area (Å²) in [6.07, 6.45) is 0. The third kappa shape index (κ3) is 3.91. The Labute approximate surface area is 155 Å². The van der Waals surface area contributed by atoms with Crippen LogP contribution in [0.2, 0.25) is 10.0 Å². The first kappa shape index (κ1) is 17.3. The number of nitrogens with zero attached hydrogens (tertiary/aromatic N) is 4. The zero-order chi connectivity index (χ0) is 17.1. The van der Waals surface area contributed by atoms with Crippen LogP contribution in [0.1, 0.15) is 30.9 Å². The third-order valence-electron chi connectivity index (χ3n) is 3.60. The Hall–Kier alpha value is -1.56. The summed E-state index contributed by atoms with van der Waals surface area (Å²) < 4.78 is 1.74. The fraction of sp³-hybridized carbons (Fsp3) is 0.235. The van der Waals surface area contributed by atoms with E-state index in [1.807, 2.05) is 24.3 Å². The predicted octanol–water partition coefficient (Wildman–Crippen LogP) is 5.38. The van der Waals surface area contributed by atoms with Crippen LogP contribution in [0.3, 0.4) is 0 Å². The number of benzene rings is 2. The summed E-state index contributed by atoms with van der Waals surface area (Å²) in [5.41, 5.74) is 3.30. The number of hydrogen-bond donors (Lipinski definition) is 0. The lowest BCUT2D eigenvalue weighted by Crippen LogP contribution is -2.00. The molecule has 124 valence electrons. The average molecular weight is 379 g/mol. The molecule has 24 heavy (non-hydrogen) atoms. The number of aromatic nitrogens is 4. The molecule has 0 saturated carbocycles. The summed E-state index contributed by atoms with van der Waals surface area (Å²) in [4.78, 5) is 0. The summed E-state index contributed by atoms with van der Waals surface area (Å²) in [6.45, 7) is 4.34. The van der Waals surface area contributed by atoms with Crippen molar-refractivity contribution in [2.75, 3.05) is 0 Å². The van der Waals surface area contributed by atoms with E-state index in [1.54, 1.807) is 22.5 Å². The fourth-order valence-electron chi connectivity index (χ4n) is 2.21. The number of tetrazole rings is 1. The molecular weight excluding hydrogens is 363 g/mol. The average Bonchev–Trinajstić information content (AvgIpc) is 3.04. The van der Waals surface area contributed by atoms with Gasteiger partial charge in [-0.25, -0.2) is 0 Å². The van der Waals surface area contributed by atoms with Gasteiger partial charge in [-0.2, -0.15) is 4.68 Å². The van der Waals surface area contributed by atoms with Crippen molar-refractivity contribution in [3.63, 3.8) is 0 Å². The summed E-state index contributed by atoms with van der Waals surface area (Å²) in [5.74, 6) is 1.21. The lowest BCUT2D eigenvalue weighted by atomic mass is 10.0. The molecule has 1 aromatic heterocycles. The topological polar surface area (TPSA) is 43.6 Å². The van der Waals surface area contributed by atoms with E-state index < -0.39 is 0 Å². The Kier molecular flexibility index (Phi) is 5.43. The highest BCUT2D eigenvalue weighted by molar-refractivity contribution is 7.98. The minimum atomic E-state index is 0.497. The first-order chi connectivity index (χ1) is 11.5. The van der Waals surface area contributed by atoms with Gasteiger partial charge in [0.1, 0.15) is 0 Å². The van der Waals surface area contributed by atoms with E-state index in [4.69, 9.17) is 23.2 Å². The van der Waals surface area contributed by atoms with Crippen LogP contribution >= 0.6 is 35.0 Å². The second-order valence-electron chi connectivity index (χ2n) is 5.66. The number of thioether (sulfide) groups is 1. The van der Waals surface area contributed by atoms with Gasteiger partial charge in [-0.15, -0.1) is 5.10 Å². The molecule has 0 bridgehead atoms. The van der Waals surface area contributed by atoms with E-state index in [0.29, 0.717) is 21.7 Å². The van der Waals surface area contributed by atoms with Gasteiger partial charge in [-0.1, -0.05) is 67.0 Å². The largest absolute Gasteiger partial charge is 0.214 e. The van der Waals surface area contributed by atoms with E-state index in [9.17, 15) is 0 Å². The molecule has 0 aliphatic heterocycles. The van der Waals surface area contributed by atoms with Crippen LogP contribution < -0.4 is 0 Å². The highest BCUT2D eigenvalue weighted by atomic mass is 35.5. The van der Waals surface area contributed by atoms with Crippen LogP contribution in [0.5, 0.6) is 0 Å². The zero-order valence-corrected chi connectivity index (χ0v) is 15.6. The molecule has 0 atom stereocenters. The van der Waals surface area contributed by atoms with E-state index in [2.05, 4.69) is 41.5 Å². The zero-order valence-electron chi connectivity index (χ0n) is 13.3. The number of rotatable bonds is 5. The molecule has 0 radical (unpaired) electrons. The molecule has 0 saturated heterocycles. The Balaban J connectivity index is 1.76. The predicted molar refractivity (Wildman–Crippen MR) is 99.3 cm³/mol. The first-order valence-corrected chi connectivity index (χ1v) is 9.24. The molecule has 3 rings (SSSR count). The SMILES string of the molecule is CC(C)c1ccc(-n2nnnc2SCc2ccc(Cl)c(Cl)c2)cc1. The van der Waals surface area contributed by atoms with Gasteiger partial charge >= 0.3 is 0 Å². The van der Waals surface area contributed by atoms with Crippen LogP contribution in [-0.4, -0.2) is 20.2 Å². The van der Waals surface area contributed by atoms with Crippen molar-refractivity contribution in [1.82, 2.24) is 20.2 Å². The van der Waals surface area contributed by atoms with E-state index in [-0.39, 0.29) is 0 Å². The van der Waals surface area contributed by atoms with Gasteiger partial charge in [0.15, 0.2) is 0 Å². The minimum Gasteiger partial charge on any atom is -0.188 e. The van der Waals surface area contributed by atoms with Crippen molar-refractivity contribution < 1.29 is 0 Å². The molecule has 7 heteroatoms. The maximum Gasteiger partial charge on any atom is 0.214 e. The van der Waals surface area contributed by atoms with Crippen molar-refractivity contribution in [1.29, 1.82) is 0 Å². The highest BCUT2D eigenvalue weighted by Crippen LogP contribution is 2.27. The Morgan fingerprint density at radius 1 is 1.04 bits per heavy atom. The second kappa shape index (κ2) is 7.55. The van der Waals surface area contributed by atoms with Crippen molar-refractivity contribution >= 4 is 35.0 Å². The Morgan fingerprint density at radius 3 is 2.46 bits per heavy atom. The summed E-state index contributed by atoms with van der Waals surface area (Å²) in [7, 11) is 0. The number of halogens is 2. The summed E-state index contributed by atoms with van der Waals surface area (Å²) in [6, 6.07) is 13.9. The van der Waals surface area contributed by atoms with E-state index >= 15 is 0 Å². The molecule has 4 nitrogen and oxygen atoms in total. The molecule has 0 fully saturated rings. The van der Waals surface area contributed by atoms with Crippen molar-refractivity contribution in [2.24, 2.45) is 0 Å². The number of hydrogen-bond acceptors (Lipinski definition) is 4. The molecular formula is C17H16Cl2N4S. The van der Waals surface area contributed by atoms with Gasteiger partial charge in [-0.3, -0.25) is 0 Å². The molecule has 0 spiro atoms. The molecule has 2 aromatic carbocycles. The van der Waals surface area contributed by atoms with Gasteiger partial charge in [0.05, 0.1) is 15.7 Å². The standard InChI is InChI=1S/C17H16Cl2N4S/c1-11(2)13-4-6-14(7-5-13)23-17(20-21-22-23)24-10-12-3-8-15(18)16(19)9-12/h3-9,11H,10H2,1-2H3. The van der Waals surface area contributed by atoms with E-state index in [0.717, 1.165) is 16.4 Å². The quantitative estimate of drug-likeness (QED) is 0.558. The van der Waals surface area contributed by atoms with Gasteiger partial charge in [0, 0.05) is 5.75 Å². The maximum absolute atomic E-state index is 6.06. The van der Waals surface area contributed by atoms with Crippen LogP contribution in [-0.2, 0) is 5.75 Å². The van der Waals surface area contributed by atoms with Crippen molar-refractivity contribution in [2.45, 2.75) is 30.7 Å². The normalized spacial score (nSPS) is 11.2. The lowest BCUT2D eigenvalue weighted by Gasteiger charge is -2.08. The molecule has 0 amide bonds. The molecule has 0 aliphatic rings. The maximum atomic E-state index is 6.06. The van der Waals surface area contributed by atoms with Gasteiger partial charge < -0.3 is 0 Å². The highest BCUT2D eigenvalue weighted by Gasteiger charge is 2.10. The van der Waals surface area contributed by atoms with Crippen molar-refractivity contribution in [3.05, 3.63) is 63.6 Å². The van der Waals surface area contributed by atoms with E-state index in [1.165, 1.54) is 5.56 Å². The Bertz CT molecular complexity index is 831. The smallest absolute Gasteiger partial charge is 0.188 e. The molecule has 0 N–H and O–H groups in total. The van der Waals surface area contributed by atoms with Crippen molar-refractivity contribution in [3.8, 4) is 5.69 Å². The molecule has 1 heterocycles. The Morgan fingerprint density at radius 2 is 1.79 bits per heavy atom. The summed E-state index contributed by atoms with van der Waals surface area (Å²) >= 11 is 13.6.